The highest BCUT2D eigenvalue weighted by atomic mass is 16.2. The van der Waals surface area contributed by atoms with Crippen LogP contribution in [0.4, 0.5) is 0 Å². The van der Waals surface area contributed by atoms with Gasteiger partial charge in [0.1, 0.15) is 0 Å². The fourth-order valence-electron chi connectivity index (χ4n) is 3.38. The van der Waals surface area contributed by atoms with Gasteiger partial charge in [0.25, 0.3) is 0 Å². The number of rotatable bonds is 4. The molecular formula is C20H27N3O. The summed E-state index contributed by atoms with van der Waals surface area (Å²) in [7, 11) is 2.06. The number of benzene rings is 1. The van der Waals surface area contributed by atoms with E-state index in [2.05, 4.69) is 60.7 Å². The van der Waals surface area contributed by atoms with E-state index in [-0.39, 0.29) is 5.91 Å². The van der Waals surface area contributed by atoms with Gasteiger partial charge in [-0.05, 0) is 31.0 Å². The summed E-state index contributed by atoms with van der Waals surface area (Å²) in [6, 6.07) is 12.7. The molecule has 24 heavy (non-hydrogen) atoms. The third-order valence-electron chi connectivity index (χ3n) is 5.20. The lowest BCUT2D eigenvalue weighted by molar-refractivity contribution is -0.132. The van der Waals surface area contributed by atoms with Crippen molar-refractivity contribution in [1.82, 2.24) is 14.4 Å². The van der Waals surface area contributed by atoms with Gasteiger partial charge < -0.3 is 9.47 Å². The van der Waals surface area contributed by atoms with Gasteiger partial charge in [-0.2, -0.15) is 0 Å². The van der Waals surface area contributed by atoms with Crippen LogP contribution in [0.15, 0.2) is 36.4 Å². The molecule has 1 aromatic heterocycles. The Morgan fingerprint density at radius 3 is 2.29 bits per heavy atom. The molecule has 1 aliphatic heterocycles. The molecule has 1 aliphatic rings. The Kier molecular flexibility index (Phi) is 5.05. The average molecular weight is 325 g/mol. The van der Waals surface area contributed by atoms with Gasteiger partial charge in [-0.25, -0.2) is 0 Å². The molecule has 2 heterocycles. The molecule has 1 aromatic carbocycles. The summed E-state index contributed by atoms with van der Waals surface area (Å²) in [6.45, 7) is 8.71. The molecule has 0 spiro atoms. The molecule has 0 atom stereocenters. The van der Waals surface area contributed by atoms with Crippen LogP contribution in [0.2, 0.25) is 0 Å². The lowest BCUT2D eigenvalue weighted by atomic mass is 10.1. The van der Waals surface area contributed by atoms with Gasteiger partial charge in [0.05, 0.1) is 6.42 Å². The molecule has 1 fully saturated rings. The van der Waals surface area contributed by atoms with Gasteiger partial charge in [-0.3, -0.25) is 9.69 Å². The summed E-state index contributed by atoms with van der Waals surface area (Å²) in [6.07, 6.45) is 0.520. The van der Waals surface area contributed by atoms with Crippen LogP contribution in [0.3, 0.4) is 0 Å². The highest BCUT2D eigenvalue weighted by Crippen LogP contribution is 2.16. The largest absolute Gasteiger partial charge is 0.352 e. The van der Waals surface area contributed by atoms with E-state index in [1.54, 1.807) is 0 Å². The van der Waals surface area contributed by atoms with Crippen LogP contribution in [-0.2, 0) is 24.8 Å². The molecule has 2 aromatic rings. The van der Waals surface area contributed by atoms with Gasteiger partial charge >= 0.3 is 0 Å². The Balaban J connectivity index is 1.52. The predicted molar refractivity (Wildman–Crippen MR) is 96.9 cm³/mol. The number of piperazine rings is 1. The van der Waals surface area contributed by atoms with Crippen molar-refractivity contribution in [3.05, 3.63) is 58.9 Å². The normalized spacial score (nSPS) is 15.7. The zero-order chi connectivity index (χ0) is 17.1. The molecule has 0 unspecified atom stereocenters. The van der Waals surface area contributed by atoms with Crippen LogP contribution in [0.1, 0.15) is 22.5 Å². The minimum Gasteiger partial charge on any atom is -0.352 e. The van der Waals surface area contributed by atoms with E-state index >= 15 is 0 Å². The summed E-state index contributed by atoms with van der Waals surface area (Å²) < 4.78 is 2.15. The van der Waals surface area contributed by atoms with E-state index in [9.17, 15) is 4.79 Å². The molecule has 0 radical (unpaired) electrons. The van der Waals surface area contributed by atoms with Gasteiger partial charge in [-0.1, -0.05) is 30.3 Å². The first-order chi connectivity index (χ1) is 11.5. The topological polar surface area (TPSA) is 28.5 Å². The number of hydrogen-bond acceptors (Lipinski definition) is 2. The van der Waals surface area contributed by atoms with Crippen LogP contribution in [0, 0.1) is 13.8 Å². The number of aromatic nitrogens is 1. The summed E-state index contributed by atoms with van der Waals surface area (Å²) in [5.41, 5.74) is 4.91. The van der Waals surface area contributed by atoms with E-state index in [1.165, 1.54) is 17.0 Å². The number of carbonyl (C=O) groups excluding carboxylic acids is 1. The molecule has 4 nitrogen and oxygen atoms in total. The monoisotopic (exact) mass is 325 g/mol. The van der Waals surface area contributed by atoms with Gasteiger partial charge in [-0.15, -0.1) is 0 Å². The van der Waals surface area contributed by atoms with Crippen molar-refractivity contribution in [2.24, 2.45) is 7.05 Å². The first kappa shape index (κ1) is 16.8. The minimum atomic E-state index is 0.253. The van der Waals surface area contributed by atoms with Crippen molar-refractivity contribution in [2.45, 2.75) is 26.8 Å². The zero-order valence-corrected chi connectivity index (χ0v) is 15.0. The SMILES string of the molecule is Cc1cc(CC(=O)N2CCN(Cc3ccccc3)CC2)c(C)n1C. The number of aryl methyl sites for hydroxylation is 1. The summed E-state index contributed by atoms with van der Waals surface area (Å²) in [4.78, 5) is 17.0. The standard InChI is InChI=1S/C20H27N3O/c1-16-13-19(17(2)21(16)3)14-20(24)23-11-9-22(10-12-23)15-18-7-5-4-6-8-18/h4-8,13H,9-12,14-15H2,1-3H3. The van der Waals surface area contributed by atoms with E-state index < -0.39 is 0 Å². The molecule has 1 amide bonds. The van der Waals surface area contributed by atoms with Gasteiger partial charge in [0, 0.05) is 51.2 Å². The molecule has 0 aliphatic carbocycles. The van der Waals surface area contributed by atoms with Crippen molar-refractivity contribution in [2.75, 3.05) is 26.2 Å². The van der Waals surface area contributed by atoms with E-state index in [0.717, 1.165) is 38.3 Å². The second-order valence-electron chi connectivity index (χ2n) is 6.77. The van der Waals surface area contributed by atoms with Gasteiger partial charge in [0.2, 0.25) is 5.91 Å². The smallest absolute Gasteiger partial charge is 0.227 e. The third-order valence-corrected chi connectivity index (χ3v) is 5.20. The average Bonchev–Trinajstić information content (AvgIpc) is 2.83. The Morgan fingerprint density at radius 2 is 1.71 bits per heavy atom. The summed E-state index contributed by atoms with van der Waals surface area (Å²) in [5.74, 6) is 0.253. The fraction of sp³-hybridized carbons (Fsp3) is 0.450. The van der Waals surface area contributed by atoms with Gasteiger partial charge in [0.15, 0.2) is 0 Å². The number of carbonyl (C=O) groups is 1. The Morgan fingerprint density at radius 1 is 1.04 bits per heavy atom. The Hall–Kier alpha value is -2.07. The highest BCUT2D eigenvalue weighted by Gasteiger charge is 2.22. The second-order valence-corrected chi connectivity index (χ2v) is 6.77. The molecule has 128 valence electrons. The summed E-state index contributed by atoms with van der Waals surface area (Å²) >= 11 is 0. The van der Waals surface area contributed by atoms with Crippen molar-refractivity contribution in [3.8, 4) is 0 Å². The first-order valence-electron chi connectivity index (χ1n) is 8.70. The van der Waals surface area contributed by atoms with E-state index in [1.807, 2.05) is 11.0 Å². The Labute approximate surface area is 144 Å². The third kappa shape index (κ3) is 3.70. The molecule has 4 heteroatoms. The van der Waals surface area contributed by atoms with Crippen molar-refractivity contribution in [3.63, 3.8) is 0 Å². The number of amides is 1. The highest BCUT2D eigenvalue weighted by molar-refractivity contribution is 5.79. The van der Waals surface area contributed by atoms with E-state index in [0.29, 0.717) is 6.42 Å². The molecule has 1 saturated heterocycles. The van der Waals surface area contributed by atoms with Crippen LogP contribution >= 0.6 is 0 Å². The molecule has 0 bridgehead atoms. The minimum absolute atomic E-state index is 0.253. The van der Waals surface area contributed by atoms with Crippen LogP contribution in [0.5, 0.6) is 0 Å². The quantitative estimate of drug-likeness (QED) is 0.864. The fourth-order valence-corrected chi connectivity index (χ4v) is 3.38. The predicted octanol–water partition coefficient (Wildman–Crippen LogP) is 2.53. The van der Waals surface area contributed by atoms with Crippen LogP contribution < -0.4 is 0 Å². The van der Waals surface area contributed by atoms with Crippen molar-refractivity contribution >= 4 is 5.91 Å². The zero-order valence-electron chi connectivity index (χ0n) is 15.0. The maximum atomic E-state index is 12.6. The van der Waals surface area contributed by atoms with Crippen molar-refractivity contribution in [1.29, 1.82) is 0 Å². The first-order valence-corrected chi connectivity index (χ1v) is 8.70. The van der Waals surface area contributed by atoms with Crippen molar-refractivity contribution < 1.29 is 4.79 Å². The number of hydrogen-bond donors (Lipinski definition) is 0. The van der Waals surface area contributed by atoms with E-state index in [4.69, 9.17) is 0 Å². The maximum absolute atomic E-state index is 12.6. The van der Waals surface area contributed by atoms with Crippen LogP contribution in [-0.4, -0.2) is 46.5 Å². The number of nitrogens with zero attached hydrogens (tertiary/aromatic N) is 3. The van der Waals surface area contributed by atoms with Crippen LogP contribution in [0.25, 0.3) is 0 Å². The maximum Gasteiger partial charge on any atom is 0.227 e. The Bertz CT molecular complexity index is 697. The molecular weight excluding hydrogens is 298 g/mol. The lowest BCUT2D eigenvalue weighted by Crippen LogP contribution is -2.48. The summed E-state index contributed by atoms with van der Waals surface area (Å²) in [5, 5.41) is 0. The molecule has 0 saturated carbocycles. The molecule has 3 rings (SSSR count). The second kappa shape index (κ2) is 7.22. The lowest BCUT2D eigenvalue weighted by Gasteiger charge is -2.34. The molecule has 0 N–H and O–H groups in total.